The average Bonchev–Trinajstić information content (AvgIpc) is 3.70. The van der Waals surface area contributed by atoms with Crippen molar-refractivity contribution < 1.29 is 9.66 Å². The lowest BCUT2D eigenvalue weighted by atomic mass is 9.95. The molecule has 4 fully saturated rings. The summed E-state index contributed by atoms with van der Waals surface area (Å²) >= 11 is 0. The van der Waals surface area contributed by atoms with Crippen molar-refractivity contribution in [3.05, 3.63) is 27.8 Å². The minimum Gasteiger partial charge on any atom is -0.490 e. The van der Waals surface area contributed by atoms with Crippen molar-refractivity contribution >= 4 is 11.4 Å². The maximum atomic E-state index is 11.5. The van der Waals surface area contributed by atoms with Gasteiger partial charge in [-0.25, -0.2) is 0 Å². The van der Waals surface area contributed by atoms with E-state index in [0.29, 0.717) is 17.7 Å². The SMILES string of the molecule is COc1cc(N2CCN(C3CCN(CC4CCNCC4)CC3)CC2)c(C2CC2)cc1[N+](=O)[O-]. The Morgan fingerprint density at radius 2 is 1.70 bits per heavy atom. The normalized spacial score (nSPS) is 24.2. The number of methoxy groups -OCH3 is 1. The quantitative estimate of drug-likeness (QED) is 0.498. The van der Waals surface area contributed by atoms with Gasteiger partial charge >= 0.3 is 5.69 Å². The van der Waals surface area contributed by atoms with Crippen molar-refractivity contribution in [2.45, 2.75) is 50.5 Å². The van der Waals surface area contributed by atoms with Crippen LogP contribution in [-0.4, -0.2) is 86.8 Å². The summed E-state index contributed by atoms with van der Waals surface area (Å²) in [6.45, 7) is 10.2. The molecule has 4 aliphatic rings. The molecule has 1 N–H and O–H groups in total. The minimum absolute atomic E-state index is 0.0954. The number of piperazine rings is 1. The van der Waals surface area contributed by atoms with E-state index in [4.69, 9.17) is 4.74 Å². The van der Waals surface area contributed by atoms with E-state index in [1.165, 1.54) is 65.5 Å². The van der Waals surface area contributed by atoms with Crippen LogP contribution in [0.3, 0.4) is 0 Å². The van der Waals surface area contributed by atoms with Gasteiger partial charge in [-0.15, -0.1) is 0 Å². The third-order valence-corrected chi connectivity index (χ3v) is 8.25. The molecule has 0 spiro atoms. The van der Waals surface area contributed by atoms with Crippen LogP contribution in [0.5, 0.6) is 5.75 Å². The number of rotatable bonds is 7. The summed E-state index contributed by atoms with van der Waals surface area (Å²) in [7, 11) is 1.53. The van der Waals surface area contributed by atoms with Gasteiger partial charge in [0.25, 0.3) is 0 Å². The van der Waals surface area contributed by atoms with Crippen LogP contribution in [0.2, 0.25) is 0 Å². The summed E-state index contributed by atoms with van der Waals surface area (Å²) in [5, 5.41) is 15.0. The number of nitro groups is 1. The Morgan fingerprint density at radius 1 is 1.00 bits per heavy atom. The van der Waals surface area contributed by atoms with Gasteiger partial charge in [0, 0.05) is 56.6 Å². The fourth-order valence-electron chi connectivity index (χ4n) is 6.10. The number of nitrogens with one attached hydrogen (secondary N) is 1. The second kappa shape index (κ2) is 10.2. The number of hydrogen-bond donors (Lipinski definition) is 1. The van der Waals surface area contributed by atoms with Gasteiger partial charge in [0.2, 0.25) is 0 Å². The molecular formula is C25H39N5O3. The highest BCUT2D eigenvalue weighted by atomic mass is 16.6. The van der Waals surface area contributed by atoms with E-state index < -0.39 is 0 Å². The second-order valence-electron chi connectivity index (χ2n) is 10.4. The molecular weight excluding hydrogens is 418 g/mol. The van der Waals surface area contributed by atoms with Gasteiger partial charge in [0.15, 0.2) is 5.75 Å². The molecule has 0 amide bonds. The molecule has 182 valence electrons. The lowest BCUT2D eigenvalue weighted by Crippen LogP contribution is -2.53. The Labute approximate surface area is 197 Å². The summed E-state index contributed by atoms with van der Waals surface area (Å²) in [4.78, 5) is 19.0. The zero-order valence-corrected chi connectivity index (χ0v) is 20.0. The summed E-state index contributed by atoms with van der Waals surface area (Å²) in [5.74, 6) is 1.72. The third-order valence-electron chi connectivity index (χ3n) is 8.25. The molecule has 0 bridgehead atoms. The number of nitro benzene ring substituents is 1. The van der Waals surface area contributed by atoms with Crippen LogP contribution < -0.4 is 15.0 Å². The lowest BCUT2D eigenvalue weighted by molar-refractivity contribution is -0.385. The van der Waals surface area contributed by atoms with Gasteiger partial charge in [-0.1, -0.05) is 0 Å². The molecule has 5 rings (SSSR count). The predicted molar refractivity (Wildman–Crippen MR) is 130 cm³/mol. The van der Waals surface area contributed by atoms with Crippen LogP contribution in [0.4, 0.5) is 11.4 Å². The molecule has 33 heavy (non-hydrogen) atoms. The second-order valence-corrected chi connectivity index (χ2v) is 10.4. The van der Waals surface area contributed by atoms with E-state index in [1.807, 2.05) is 6.07 Å². The van der Waals surface area contributed by atoms with Crippen molar-refractivity contribution in [2.75, 3.05) is 70.9 Å². The zero-order chi connectivity index (χ0) is 22.8. The predicted octanol–water partition coefficient (Wildman–Crippen LogP) is 3.07. The molecule has 1 aliphatic carbocycles. The van der Waals surface area contributed by atoms with Crippen molar-refractivity contribution in [2.24, 2.45) is 5.92 Å². The molecule has 0 unspecified atom stereocenters. The van der Waals surface area contributed by atoms with Crippen LogP contribution in [0.1, 0.15) is 50.0 Å². The first-order chi connectivity index (χ1) is 16.1. The monoisotopic (exact) mass is 457 g/mol. The number of ether oxygens (including phenoxy) is 1. The maximum absolute atomic E-state index is 11.5. The van der Waals surface area contributed by atoms with E-state index in [9.17, 15) is 10.1 Å². The number of benzene rings is 1. The topological polar surface area (TPSA) is 74.1 Å². The molecule has 3 saturated heterocycles. The number of nitrogens with zero attached hydrogens (tertiary/aromatic N) is 4. The molecule has 0 radical (unpaired) electrons. The minimum atomic E-state index is -0.316. The number of piperidine rings is 2. The van der Waals surface area contributed by atoms with Crippen LogP contribution in [-0.2, 0) is 0 Å². The van der Waals surface area contributed by atoms with E-state index in [1.54, 1.807) is 6.07 Å². The molecule has 0 aromatic heterocycles. The maximum Gasteiger partial charge on any atom is 0.311 e. The van der Waals surface area contributed by atoms with Crippen molar-refractivity contribution in [1.29, 1.82) is 0 Å². The molecule has 3 heterocycles. The molecule has 1 aromatic carbocycles. The standard InChI is InChI=1S/C25H39N5O3/c1-33-25-17-23(22(20-2-3-20)16-24(25)30(31)32)29-14-12-28(13-15-29)21-6-10-27(11-7-21)18-19-4-8-26-9-5-19/h16-17,19-21,26H,2-15,18H2,1H3. The van der Waals surface area contributed by atoms with Crippen LogP contribution in [0.25, 0.3) is 0 Å². The van der Waals surface area contributed by atoms with Gasteiger partial charge in [0.1, 0.15) is 0 Å². The fraction of sp³-hybridized carbons (Fsp3) is 0.760. The van der Waals surface area contributed by atoms with Gasteiger partial charge in [0.05, 0.1) is 12.0 Å². The van der Waals surface area contributed by atoms with Gasteiger partial charge < -0.3 is 19.9 Å². The van der Waals surface area contributed by atoms with E-state index in [-0.39, 0.29) is 10.6 Å². The summed E-state index contributed by atoms with van der Waals surface area (Å²) in [6, 6.07) is 4.39. The highest BCUT2D eigenvalue weighted by Crippen LogP contribution is 2.48. The van der Waals surface area contributed by atoms with Gasteiger partial charge in [-0.2, -0.15) is 0 Å². The lowest BCUT2D eigenvalue weighted by Gasteiger charge is -2.44. The van der Waals surface area contributed by atoms with Crippen LogP contribution in [0.15, 0.2) is 12.1 Å². The first-order valence-electron chi connectivity index (χ1n) is 12.9. The number of likely N-dealkylation sites (tertiary alicyclic amines) is 1. The third kappa shape index (κ3) is 5.28. The molecule has 8 heteroatoms. The Bertz CT molecular complexity index is 824. The molecule has 1 saturated carbocycles. The van der Waals surface area contributed by atoms with Gasteiger partial charge in [-0.3, -0.25) is 15.0 Å². The molecule has 3 aliphatic heterocycles. The van der Waals surface area contributed by atoms with Crippen molar-refractivity contribution in [3.8, 4) is 5.75 Å². The largest absolute Gasteiger partial charge is 0.490 e. The van der Waals surface area contributed by atoms with Gasteiger partial charge in [-0.05, 0) is 82.1 Å². The Hall–Kier alpha value is -1.90. The summed E-state index contributed by atoms with van der Waals surface area (Å²) in [5.41, 5.74) is 2.39. The molecule has 1 aromatic rings. The Kier molecular flexibility index (Phi) is 7.04. The summed E-state index contributed by atoms with van der Waals surface area (Å²) < 4.78 is 5.39. The van der Waals surface area contributed by atoms with Crippen LogP contribution in [0, 0.1) is 16.0 Å². The molecule has 0 atom stereocenters. The smallest absolute Gasteiger partial charge is 0.311 e. The van der Waals surface area contributed by atoms with E-state index in [0.717, 1.165) is 56.2 Å². The summed E-state index contributed by atoms with van der Waals surface area (Å²) in [6.07, 6.45) is 7.49. The number of anilines is 1. The van der Waals surface area contributed by atoms with Crippen molar-refractivity contribution in [3.63, 3.8) is 0 Å². The Balaban J connectivity index is 1.17. The van der Waals surface area contributed by atoms with E-state index in [2.05, 4.69) is 20.0 Å². The number of hydrogen-bond acceptors (Lipinski definition) is 7. The average molecular weight is 458 g/mol. The van der Waals surface area contributed by atoms with E-state index >= 15 is 0 Å². The highest BCUT2D eigenvalue weighted by molar-refractivity contribution is 5.66. The first-order valence-corrected chi connectivity index (χ1v) is 12.9. The van der Waals surface area contributed by atoms with Crippen molar-refractivity contribution in [1.82, 2.24) is 15.1 Å². The first kappa shape index (κ1) is 22.9. The Morgan fingerprint density at radius 3 is 2.30 bits per heavy atom. The molecule has 8 nitrogen and oxygen atoms in total. The van der Waals surface area contributed by atoms with Crippen LogP contribution >= 0.6 is 0 Å². The zero-order valence-electron chi connectivity index (χ0n) is 20.0. The fourth-order valence-corrected chi connectivity index (χ4v) is 6.10. The highest BCUT2D eigenvalue weighted by Gasteiger charge is 2.34.